The van der Waals surface area contributed by atoms with Gasteiger partial charge >= 0.3 is 0 Å². The van der Waals surface area contributed by atoms with Gasteiger partial charge in [0.1, 0.15) is 11.9 Å². The third kappa shape index (κ3) is 1.96. The molecule has 1 aliphatic carbocycles. The first-order valence-corrected chi connectivity index (χ1v) is 7.80. The summed E-state index contributed by atoms with van der Waals surface area (Å²) in [6, 6.07) is 9.65. The van der Waals surface area contributed by atoms with Crippen LogP contribution in [-0.2, 0) is 4.79 Å². The van der Waals surface area contributed by atoms with Crippen LogP contribution < -0.4 is 4.90 Å². The molecular weight excluding hydrogens is 290 g/mol. The second-order valence-corrected chi connectivity index (χ2v) is 6.00. The molecule has 1 aromatic carbocycles. The van der Waals surface area contributed by atoms with E-state index >= 15 is 0 Å². The van der Waals surface area contributed by atoms with E-state index in [9.17, 15) is 9.59 Å². The number of carbonyl (C=O) groups is 2. The van der Waals surface area contributed by atoms with E-state index in [1.807, 2.05) is 42.3 Å². The molecule has 2 heterocycles. The maximum atomic E-state index is 12.6. The molecule has 0 radical (unpaired) electrons. The Kier molecular flexibility index (Phi) is 3.15. The van der Waals surface area contributed by atoms with E-state index < -0.39 is 0 Å². The van der Waals surface area contributed by atoms with E-state index in [4.69, 9.17) is 0 Å². The Bertz CT molecular complexity index is 820. The molecule has 23 heavy (non-hydrogen) atoms. The zero-order chi connectivity index (χ0) is 16.0. The number of ketones is 1. The van der Waals surface area contributed by atoms with Crippen LogP contribution in [0.25, 0.3) is 0 Å². The van der Waals surface area contributed by atoms with Crippen molar-refractivity contribution in [2.24, 2.45) is 0 Å². The van der Waals surface area contributed by atoms with Gasteiger partial charge in [-0.3, -0.25) is 9.59 Å². The van der Waals surface area contributed by atoms with E-state index in [0.29, 0.717) is 12.0 Å². The van der Waals surface area contributed by atoms with Gasteiger partial charge in [-0.25, -0.2) is 4.68 Å². The first kappa shape index (κ1) is 13.9. The number of anilines is 1. The van der Waals surface area contributed by atoms with E-state index in [1.54, 1.807) is 10.9 Å². The lowest BCUT2D eigenvalue weighted by molar-refractivity contribution is -0.116. The van der Waals surface area contributed by atoms with Crippen LogP contribution in [0.3, 0.4) is 0 Å². The Morgan fingerprint density at radius 3 is 2.74 bits per heavy atom. The Balaban J connectivity index is 2.00. The highest BCUT2D eigenvalue weighted by molar-refractivity contribution is 6.00. The number of fused-ring (bicyclic) bond motifs is 1. The third-order valence-corrected chi connectivity index (χ3v) is 4.71. The second kappa shape index (κ2) is 5.19. The molecule has 0 spiro atoms. The summed E-state index contributed by atoms with van der Waals surface area (Å²) in [4.78, 5) is 26.0. The predicted octanol–water partition coefficient (Wildman–Crippen LogP) is 2.74. The number of benzene rings is 1. The molecular formula is C18H17N3O2. The highest BCUT2D eigenvalue weighted by Crippen LogP contribution is 2.43. The van der Waals surface area contributed by atoms with Crippen LogP contribution in [0.2, 0.25) is 0 Å². The molecule has 0 saturated heterocycles. The largest absolute Gasteiger partial charge is 0.332 e. The van der Waals surface area contributed by atoms with Crippen LogP contribution in [-0.4, -0.2) is 28.9 Å². The predicted molar refractivity (Wildman–Crippen MR) is 86.5 cm³/mol. The molecule has 0 bridgehead atoms. The fourth-order valence-corrected chi connectivity index (χ4v) is 3.69. The molecule has 1 aromatic heterocycles. The summed E-state index contributed by atoms with van der Waals surface area (Å²) < 4.78 is 1.81. The molecule has 1 unspecified atom stereocenters. The van der Waals surface area contributed by atoms with E-state index in [1.165, 1.54) is 0 Å². The van der Waals surface area contributed by atoms with Crippen molar-refractivity contribution >= 4 is 17.9 Å². The third-order valence-electron chi connectivity index (χ3n) is 4.71. The number of carbonyl (C=O) groups excluding carboxylic acids is 2. The minimum Gasteiger partial charge on any atom is -0.332 e. The zero-order valence-electron chi connectivity index (χ0n) is 12.9. The minimum atomic E-state index is -0.251. The monoisotopic (exact) mass is 307 g/mol. The lowest BCUT2D eigenvalue weighted by Crippen LogP contribution is -2.36. The van der Waals surface area contributed by atoms with Crippen LogP contribution in [0.15, 0.2) is 47.8 Å². The normalized spacial score (nSPS) is 20.3. The van der Waals surface area contributed by atoms with Crippen LogP contribution in [0.5, 0.6) is 0 Å². The van der Waals surface area contributed by atoms with Crippen molar-refractivity contribution in [3.05, 3.63) is 58.9 Å². The van der Waals surface area contributed by atoms with Crippen molar-refractivity contribution in [3.63, 3.8) is 0 Å². The van der Waals surface area contributed by atoms with Gasteiger partial charge < -0.3 is 4.90 Å². The smallest absolute Gasteiger partial charge is 0.163 e. The van der Waals surface area contributed by atoms with Crippen LogP contribution in [0.1, 0.15) is 41.2 Å². The standard InChI is InChI=1S/C18H17N3O2/c1-20-14-8-5-9-15(23)16(14)17(12-6-3-2-4-7-12)21-18(20)13(11-22)10-19-21/h2-4,6-7,10-11,17H,5,8-9H2,1H3. The Hall–Kier alpha value is -2.69. The lowest BCUT2D eigenvalue weighted by Gasteiger charge is -2.38. The first-order valence-electron chi connectivity index (χ1n) is 7.80. The molecule has 0 amide bonds. The fraction of sp³-hybridized carbons (Fsp3) is 0.278. The maximum absolute atomic E-state index is 12.6. The van der Waals surface area contributed by atoms with Gasteiger partial charge in [-0.05, 0) is 18.4 Å². The van der Waals surface area contributed by atoms with Gasteiger partial charge in [0.25, 0.3) is 0 Å². The van der Waals surface area contributed by atoms with Gasteiger partial charge in [-0.15, -0.1) is 0 Å². The molecule has 2 aliphatic rings. The highest BCUT2D eigenvalue weighted by Gasteiger charge is 2.38. The first-order chi connectivity index (χ1) is 11.2. The highest BCUT2D eigenvalue weighted by atomic mass is 16.1. The van der Waals surface area contributed by atoms with E-state index in [0.717, 1.165) is 41.8 Å². The quantitative estimate of drug-likeness (QED) is 0.801. The Morgan fingerprint density at radius 1 is 1.22 bits per heavy atom. The van der Waals surface area contributed by atoms with Crippen molar-refractivity contribution < 1.29 is 9.59 Å². The number of nitrogens with zero attached hydrogens (tertiary/aromatic N) is 3. The number of rotatable bonds is 2. The number of Topliss-reactive ketones (excluding diaryl/α,β-unsaturated/α-hetero) is 1. The topological polar surface area (TPSA) is 55.2 Å². The summed E-state index contributed by atoms with van der Waals surface area (Å²) in [5.41, 5.74) is 3.41. The Labute approximate surface area is 134 Å². The zero-order valence-corrected chi connectivity index (χ0v) is 12.9. The van der Waals surface area contributed by atoms with Crippen molar-refractivity contribution in [2.45, 2.75) is 25.3 Å². The molecule has 0 N–H and O–H groups in total. The molecule has 5 nitrogen and oxygen atoms in total. The van der Waals surface area contributed by atoms with Gasteiger partial charge in [0.15, 0.2) is 12.1 Å². The van der Waals surface area contributed by atoms with Gasteiger partial charge in [0.2, 0.25) is 0 Å². The van der Waals surface area contributed by atoms with Gasteiger partial charge in [-0.1, -0.05) is 30.3 Å². The van der Waals surface area contributed by atoms with Crippen LogP contribution >= 0.6 is 0 Å². The van der Waals surface area contributed by atoms with Gasteiger partial charge in [-0.2, -0.15) is 5.10 Å². The SMILES string of the molecule is CN1C2=C(C(=O)CCC2)C(c2ccccc2)n2ncc(C=O)c21. The number of hydrogen-bond acceptors (Lipinski definition) is 4. The number of allylic oxidation sites excluding steroid dienone is 2. The maximum Gasteiger partial charge on any atom is 0.163 e. The van der Waals surface area contributed by atoms with Crippen molar-refractivity contribution in [2.75, 3.05) is 11.9 Å². The summed E-state index contributed by atoms with van der Waals surface area (Å²) >= 11 is 0. The van der Waals surface area contributed by atoms with E-state index in [2.05, 4.69) is 5.10 Å². The number of aromatic nitrogens is 2. The minimum absolute atomic E-state index is 0.181. The average molecular weight is 307 g/mol. The number of hydrogen-bond donors (Lipinski definition) is 0. The van der Waals surface area contributed by atoms with Gasteiger partial charge in [0.05, 0.1) is 11.8 Å². The molecule has 4 rings (SSSR count). The van der Waals surface area contributed by atoms with E-state index in [-0.39, 0.29) is 11.8 Å². The summed E-state index contributed by atoms with van der Waals surface area (Å²) in [6.45, 7) is 0. The summed E-state index contributed by atoms with van der Waals surface area (Å²) in [5.74, 6) is 0.947. The van der Waals surface area contributed by atoms with Crippen molar-refractivity contribution in [3.8, 4) is 0 Å². The number of aldehydes is 1. The average Bonchev–Trinajstić information content (AvgIpc) is 3.01. The molecule has 5 heteroatoms. The molecule has 1 atom stereocenters. The molecule has 116 valence electrons. The molecule has 2 aromatic rings. The van der Waals surface area contributed by atoms with Crippen LogP contribution in [0, 0.1) is 0 Å². The molecule has 0 fully saturated rings. The molecule has 1 aliphatic heterocycles. The fourth-order valence-electron chi connectivity index (χ4n) is 3.69. The lowest BCUT2D eigenvalue weighted by atomic mass is 9.85. The van der Waals surface area contributed by atoms with Crippen LogP contribution in [0.4, 0.5) is 5.82 Å². The van der Waals surface area contributed by atoms with Crippen molar-refractivity contribution in [1.82, 2.24) is 9.78 Å². The Morgan fingerprint density at radius 2 is 2.00 bits per heavy atom. The van der Waals surface area contributed by atoms with Gasteiger partial charge in [0, 0.05) is 24.7 Å². The summed E-state index contributed by atoms with van der Waals surface area (Å²) in [5, 5.41) is 4.42. The second-order valence-electron chi connectivity index (χ2n) is 6.00. The van der Waals surface area contributed by atoms with Crippen molar-refractivity contribution in [1.29, 1.82) is 0 Å². The molecule has 0 saturated carbocycles. The summed E-state index contributed by atoms with van der Waals surface area (Å²) in [7, 11) is 1.91. The summed E-state index contributed by atoms with van der Waals surface area (Å²) in [6.07, 6.45) is 4.69.